The maximum atomic E-state index is 12.7. The number of rotatable bonds is 7. The van der Waals surface area contributed by atoms with Gasteiger partial charge in [-0.15, -0.1) is 0 Å². The Labute approximate surface area is 197 Å². The molecular weight excluding hydrogens is 476 g/mol. The van der Waals surface area contributed by atoms with Gasteiger partial charge in [0, 0.05) is 0 Å². The molecule has 0 bridgehead atoms. The van der Waals surface area contributed by atoms with E-state index in [2.05, 4.69) is 0 Å². The van der Waals surface area contributed by atoms with Crippen molar-refractivity contribution in [2.75, 3.05) is 0 Å². The van der Waals surface area contributed by atoms with Crippen LogP contribution in [0, 0.1) is 13.8 Å². The van der Waals surface area contributed by atoms with E-state index < -0.39 is 20.2 Å². The summed E-state index contributed by atoms with van der Waals surface area (Å²) in [5.74, 6) is -0.212. The van der Waals surface area contributed by atoms with E-state index in [1.807, 2.05) is 13.8 Å². The Morgan fingerprint density at radius 2 is 1.15 bits per heavy atom. The zero-order chi connectivity index (χ0) is 24.5. The van der Waals surface area contributed by atoms with Crippen LogP contribution in [0.4, 0.5) is 0 Å². The Hall–Kier alpha value is -3.69. The summed E-state index contributed by atoms with van der Waals surface area (Å²) in [6.07, 6.45) is 0.459. The van der Waals surface area contributed by atoms with Crippen LogP contribution < -0.4 is 8.37 Å². The van der Waals surface area contributed by atoms with Gasteiger partial charge in [0.25, 0.3) is 0 Å². The lowest BCUT2D eigenvalue weighted by atomic mass is 10.0. The molecule has 0 aliphatic carbocycles. The molecular formula is C25H20O7S2. The van der Waals surface area contributed by atoms with Crippen molar-refractivity contribution in [2.45, 2.75) is 23.6 Å². The quantitative estimate of drug-likeness (QED) is 0.267. The van der Waals surface area contributed by atoms with Gasteiger partial charge in [-0.3, -0.25) is 4.79 Å². The molecule has 34 heavy (non-hydrogen) atoms. The van der Waals surface area contributed by atoms with Gasteiger partial charge in [0.15, 0.2) is 12.0 Å². The standard InChI is InChI=1S/C25H20O7S2/c1-17-3-10-21(11-4-17)33(27,28)31-20-9-7-19-8-14-25(24(16-26)23(19)15-20)32-34(29,30)22-12-5-18(2)6-13-22/h3-16H,1-2H3. The molecule has 4 aromatic carbocycles. The third-order valence-electron chi connectivity index (χ3n) is 5.14. The van der Waals surface area contributed by atoms with Crippen LogP contribution in [0.3, 0.4) is 0 Å². The minimum absolute atomic E-state index is 0.0184. The monoisotopic (exact) mass is 496 g/mol. The molecule has 0 fully saturated rings. The van der Waals surface area contributed by atoms with Crippen molar-refractivity contribution in [1.29, 1.82) is 0 Å². The third kappa shape index (κ3) is 4.80. The van der Waals surface area contributed by atoms with Crippen molar-refractivity contribution in [3.8, 4) is 11.5 Å². The number of benzene rings is 4. The van der Waals surface area contributed by atoms with E-state index in [1.165, 1.54) is 42.5 Å². The van der Waals surface area contributed by atoms with Crippen molar-refractivity contribution in [3.05, 3.63) is 95.6 Å². The normalized spacial score (nSPS) is 11.8. The third-order valence-corrected chi connectivity index (χ3v) is 7.65. The number of aryl methyl sites for hydroxylation is 2. The molecule has 4 aromatic rings. The highest BCUT2D eigenvalue weighted by molar-refractivity contribution is 7.87. The van der Waals surface area contributed by atoms with Crippen LogP contribution >= 0.6 is 0 Å². The predicted octanol–water partition coefficient (Wildman–Crippen LogP) is 4.80. The summed E-state index contributed by atoms with van der Waals surface area (Å²) in [4.78, 5) is 11.8. The van der Waals surface area contributed by atoms with Gasteiger partial charge in [-0.25, -0.2) is 0 Å². The molecule has 0 radical (unpaired) electrons. The average molecular weight is 497 g/mol. The van der Waals surface area contributed by atoms with Gasteiger partial charge in [-0.1, -0.05) is 47.5 Å². The van der Waals surface area contributed by atoms with Crippen molar-refractivity contribution in [2.24, 2.45) is 0 Å². The van der Waals surface area contributed by atoms with Crippen LogP contribution in [0.15, 0.2) is 88.7 Å². The fraction of sp³-hybridized carbons (Fsp3) is 0.0800. The number of fused-ring (bicyclic) bond motifs is 1. The molecule has 0 aromatic heterocycles. The maximum Gasteiger partial charge on any atom is 0.339 e. The maximum absolute atomic E-state index is 12.7. The van der Waals surface area contributed by atoms with Crippen molar-refractivity contribution in [1.82, 2.24) is 0 Å². The molecule has 4 rings (SSSR count). The van der Waals surface area contributed by atoms with Crippen molar-refractivity contribution < 1.29 is 30.0 Å². The number of hydrogen-bond acceptors (Lipinski definition) is 7. The first-order valence-electron chi connectivity index (χ1n) is 10.1. The minimum Gasteiger partial charge on any atom is -0.379 e. The Balaban J connectivity index is 1.72. The second kappa shape index (κ2) is 8.92. The highest BCUT2D eigenvalue weighted by Crippen LogP contribution is 2.32. The van der Waals surface area contributed by atoms with E-state index in [1.54, 1.807) is 36.4 Å². The first kappa shape index (κ1) is 23.5. The Kier molecular flexibility index (Phi) is 6.16. The molecule has 0 amide bonds. The SMILES string of the molecule is Cc1ccc(S(=O)(=O)Oc2ccc3ccc(OS(=O)(=O)c4ccc(C)cc4)c(C=O)c3c2)cc1. The van der Waals surface area contributed by atoms with Gasteiger partial charge >= 0.3 is 20.2 Å². The van der Waals surface area contributed by atoms with Gasteiger partial charge in [0.1, 0.15) is 15.5 Å². The molecule has 0 aliphatic heterocycles. The Morgan fingerprint density at radius 3 is 1.68 bits per heavy atom. The van der Waals surface area contributed by atoms with Crippen LogP contribution in [-0.4, -0.2) is 23.1 Å². The molecule has 0 saturated carbocycles. The van der Waals surface area contributed by atoms with E-state index in [-0.39, 0.29) is 32.2 Å². The highest BCUT2D eigenvalue weighted by atomic mass is 32.2. The molecule has 7 nitrogen and oxygen atoms in total. The largest absolute Gasteiger partial charge is 0.379 e. The molecule has 0 N–H and O–H groups in total. The lowest BCUT2D eigenvalue weighted by Gasteiger charge is -2.12. The lowest BCUT2D eigenvalue weighted by Crippen LogP contribution is -2.11. The Bertz CT molecular complexity index is 1580. The van der Waals surface area contributed by atoms with Crippen LogP contribution in [0.1, 0.15) is 21.5 Å². The van der Waals surface area contributed by atoms with Gasteiger partial charge in [-0.05, 0) is 67.1 Å². The Morgan fingerprint density at radius 1 is 0.647 bits per heavy atom. The average Bonchev–Trinajstić information content (AvgIpc) is 2.79. The summed E-state index contributed by atoms with van der Waals surface area (Å²) < 4.78 is 61.2. The van der Waals surface area contributed by atoms with Crippen molar-refractivity contribution >= 4 is 37.3 Å². The molecule has 9 heteroatoms. The molecule has 174 valence electrons. The van der Waals surface area contributed by atoms with Gasteiger partial charge in [0.05, 0.1) is 5.56 Å². The van der Waals surface area contributed by atoms with Crippen LogP contribution in [0.5, 0.6) is 11.5 Å². The van der Waals surface area contributed by atoms with Gasteiger partial charge in [-0.2, -0.15) is 16.8 Å². The van der Waals surface area contributed by atoms with Crippen LogP contribution in [0.2, 0.25) is 0 Å². The number of carbonyl (C=O) groups is 1. The minimum atomic E-state index is -4.20. The zero-order valence-corrected chi connectivity index (χ0v) is 19.9. The molecule has 0 unspecified atom stereocenters. The molecule has 0 saturated heterocycles. The first-order chi connectivity index (χ1) is 16.1. The summed E-state index contributed by atoms with van der Waals surface area (Å²) in [6.45, 7) is 3.66. The van der Waals surface area contributed by atoms with E-state index >= 15 is 0 Å². The van der Waals surface area contributed by atoms with Crippen LogP contribution in [0.25, 0.3) is 10.8 Å². The van der Waals surface area contributed by atoms with E-state index in [4.69, 9.17) is 8.37 Å². The van der Waals surface area contributed by atoms with Crippen LogP contribution in [-0.2, 0) is 20.2 Å². The summed E-state index contributed by atoms with van der Waals surface area (Å²) in [6, 6.07) is 19.6. The van der Waals surface area contributed by atoms with Gasteiger partial charge < -0.3 is 8.37 Å². The summed E-state index contributed by atoms with van der Waals surface area (Å²) >= 11 is 0. The van der Waals surface area contributed by atoms with E-state index in [0.29, 0.717) is 11.7 Å². The highest BCUT2D eigenvalue weighted by Gasteiger charge is 2.21. The summed E-state index contributed by atoms with van der Waals surface area (Å²) in [5, 5.41) is 0.852. The second-order valence-corrected chi connectivity index (χ2v) is 10.8. The van der Waals surface area contributed by atoms with Gasteiger partial charge in [0.2, 0.25) is 0 Å². The predicted molar refractivity (Wildman–Crippen MR) is 127 cm³/mol. The molecule has 0 atom stereocenters. The first-order valence-corrected chi connectivity index (χ1v) is 12.9. The summed E-state index contributed by atoms with van der Waals surface area (Å²) in [5.41, 5.74) is 1.73. The number of carbonyl (C=O) groups excluding carboxylic acids is 1. The number of aldehydes is 1. The summed E-state index contributed by atoms with van der Waals surface area (Å²) in [7, 11) is -8.31. The van der Waals surface area contributed by atoms with E-state index in [0.717, 1.165) is 11.1 Å². The van der Waals surface area contributed by atoms with Crippen molar-refractivity contribution in [3.63, 3.8) is 0 Å². The molecule has 0 aliphatic rings. The topological polar surface area (TPSA) is 104 Å². The fourth-order valence-electron chi connectivity index (χ4n) is 3.30. The fourth-order valence-corrected chi connectivity index (χ4v) is 5.17. The second-order valence-electron chi connectivity index (χ2n) is 7.68. The smallest absolute Gasteiger partial charge is 0.339 e. The molecule has 0 spiro atoms. The van der Waals surface area contributed by atoms with E-state index in [9.17, 15) is 21.6 Å². The molecule has 0 heterocycles. The lowest BCUT2D eigenvalue weighted by molar-refractivity contribution is 0.112. The number of hydrogen-bond donors (Lipinski definition) is 0. The zero-order valence-electron chi connectivity index (χ0n) is 18.3.